The SMILES string of the molecule is C=CC[C@@H](c1c(F)c(F)cc(F)c1F)N1CCNCC1.Cl.Cl. The van der Waals surface area contributed by atoms with E-state index in [1.165, 1.54) is 6.08 Å². The van der Waals surface area contributed by atoms with Gasteiger partial charge in [-0.15, -0.1) is 31.4 Å². The first-order valence-electron chi connectivity index (χ1n) is 6.44. The number of piperazine rings is 1. The van der Waals surface area contributed by atoms with Gasteiger partial charge in [-0.2, -0.15) is 0 Å². The van der Waals surface area contributed by atoms with Crippen molar-refractivity contribution in [3.63, 3.8) is 0 Å². The molecule has 0 aromatic heterocycles. The van der Waals surface area contributed by atoms with Crippen molar-refractivity contribution >= 4 is 24.8 Å². The van der Waals surface area contributed by atoms with Crippen LogP contribution in [0.4, 0.5) is 17.6 Å². The Hall–Kier alpha value is -0.820. The predicted octanol–water partition coefficient (Wildman–Crippen LogP) is 3.61. The maximum absolute atomic E-state index is 13.9. The first-order chi connectivity index (χ1) is 9.56. The fourth-order valence-electron chi connectivity index (χ4n) is 2.49. The third kappa shape index (κ3) is 4.35. The third-order valence-corrected chi connectivity index (χ3v) is 3.46. The van der Waals surface area contributed by atoms with Crippen LogP contribution in [0, 0.1) is 23.3 Å². The number of nitrogens with one attached hydrogen (secondary N) is 1. The van der Waals surface area contributed by atoms with Gasteiger partial charge in [0.2, 0.25) is 0 Å². The van der Waals surface area contributed by atoms with E-state index in [9.17, 15) is 17.6 Å². The second-order valence-electron chi connectivity index (χ2n) is 4.71. The van der Waals surface area contributed by atoms with E-state index in [2.05, 4.69) is 11.9 Å². The van der Waals surface area contributed by atoms with Gasteiger partial charge < -0.3 is 5.32 Å². The second kappa shape index (κ2) is 9.35. The number of benzene rings is 1. The molecule has 0 saturated carbocycles. The Bertz CT molecular complexity index is 482. The molecule has 2 rings (SSSR count). The molecule has 1 saturated heterocycles. The van der Waals surface area contributed by atoms with Crippen molar-refractivity contribution in [3.8, 4) is 0 Å². The van der Waals surface area contributed by atoms with E-state index in [-0.39, 0.29) is 37.3 Å². The van der Waals surface area contributed by atoms with Gasteiger partial charge in [0.1, 0.15) is 0 Å². The molecular weight excluding hydrogens is 343 g/mol. The van der Waals surface area contributed by atoms with E-state index >= 15 is 0 Å². The van der Waals surface area contributed by atoms with Crippen LogP contribution in [0.3, 0.4) is 0 Å². The molecule has 1 atom stereocenters. The van der Waals surface area contributed by atoms with E-state index in [0.717, 1.165) is 0 Å². The van der Waals surface area contributed by atoms with Gasteiger partial charge >= 0.3 is 0 Å². The van der Waals surface area contributed by atoms with Gasteiger partial charge in [0, 0.05) is 43.9 Å². The van der Waals surface area contributed by atoms with Crippen LogP contribution in [-0.2, 0) is 0 Å². The molecule has 1 aromatic carbocycles. The summed E-state index contributed by atoms with van der Waals surface area (Å²) in [6, 6.07) is -0.517. The highest BCUT2D eigenvalue weighted by atomic mass is 35.5. The predicted molar refractivity (Wildman–Crippen MR) is 82.8 cm³/mol. The number of hydrogen-bond donors (Lipinski definition) is 1. The summed E-state index contributed by atoms with van der Waals surface area (Å²) in [7, 11) is 0. The minimum atomic E-state index is -1.37. The molecule has 126 valence electrons. The Balaban J connectivity index is 0.00000220. The Labute approximate surface area is 139 Å². The first kappa shape index (κ1) is 21.2. The van der Waals surface area contributed by atoms with E-state index in [0.29, 0.717) is 26.2 Å². The molecule has 8 heteroatoms. The maximum atomic E-state index is 13.9. The standard InChI is InChI=1S/C14H16F4N2.2ClH/c1-2-3-11(20-6-4-19-5-7-20)12-13(17)9(15)8-10(16)14(12)18;;/h2,8,11,19H,1,3-7H2;2*1H/t11-;;/m0../s1. The quantitative estimate of drug-likeness (QED) is 0.501. The molecule has 0 radical (unpaired) electrons. The molecule has 1 aliphatic rings. The van der Waals surface area contributed by atoms with Gasteiger partial charge in [0.05, 0.1) is 0 Å². The smallest absolute Gasteiger partial charge is 0.166 e. The van der Waals surface area contributed by atoms with Crippen molar-refractivity contribution in [1.29, 1.82) is 0 Å². The summed E-state index contributed by atoms with van der Waals surface area (Å²) in [5.74, 6) is -5.39. The Morgan fingerprint density at radius 2 is 1.59 bits per heavy atom. The van der Waals surface area contributed by atoms with Crippen molar-refractivity contribution in [2.24, 2.45) is 0 Å². The summed E-state index contributed by atoms with van der Waals surface area (Å²) in [6.07, 6.45) is 1.71. The van der Waals surface area contributed by atoms with E-state index in [1.54, 1.807) is 4.90 Å². The molecule has 0 amide bonds. The minimum Gasteiger partial charge on any atom is -0.314 e. The second-order valence-corrected chi connectivity index (χ2v) is 4.71. The lowest BCUT2D eigenvalue weighted by Gasteiger charge is -2.35. The lowest BCUT2D eigenvalue weighted by Crippen LogP contribution is -2.45. The molecule has 22 heavy (non-hydrogen) atoms. The Morgan fingerprint density at radius 3 is 2.05 bits per heavy atom. The van der Waals surface area contributed by atoms with Gasteiger partial charge in [0.25, 0.3) is 0 Å². The summed E-state index contributed by atoms with van der Waals surface area (Å²) in [6.45, 7) is 5.98. The van der Waals surface area contributed by atoms with Crippen molar-refractivity contribution in [3.05, 3.63) is 47.6 Å². The normalized spacial score (nSPS) is 16.4. The van der Waals surface area contributed by atoms with E-state index < -0.39 is 34.9 Å². The zero-order chi connectivity index (χ0) is 14.7. The molecule has 1 heterocycles. The minimum absolute atomic E-state index is 0. The average Bonchev–Trinajstić information content (AvgIpc) is 2.45. The maximum Gasteiger partial charge on any atom is 0.166 e. The molecule has 2 nitrogen and oxygen atoms in total. The Morgan fingerprint density at radius 1 is 1.09 bits per heavy atom. The van der Waals surface area contributed by atoms with Gasteiger partial charge in [-0.25, -0.2) is 17.6 Å². The molecule has 1 N–H and O–H groups in total. The zero-order valence-electron chi connectivity index (χ0n) is 11.8. The Kier molecular flexibility index (Phi) is 9.00. The van der Waals surface area contributed by atoms with Crippen LogP contribution in [0.5, 0.6) is 0 Å². The molecule has 0 unspecified atom stereocenters. The van der Waals surface area contributed by atoms with Crippen LogP contribution in [0.1, 0.15) is 18.0 Å². The molecule has 1 fully saturated rings. The molecule has 0 bridgehead atoms. The first-order valence-corrected chi connectivity index (χ1v) is 6.44. The number of nitrogens with zero attached hydrogens (tertiary/aromatic N) is 1. The van der Waals surface area contributed by atoms with Gasteiger partial charge in [0.15, 0.2) is 23.3 Å². The number of halogens is 6. The van der Waals surface area contributed by atoms with Gasteiger partial charge in [-0.3, -0.25) is 4.90 Å². The van der Waals surface area contributed by atoms with Crippen molar-refractivity contribution < 1.29 is 17.6 Å². The van der Waals surface area contributed by atoms with Crippen LogP contribution >= 0.6 is 24.8 Å². The molecule has 1 aromatic rings. The van der Waals surface area contributed by atoms with Gasteiger partial charge in [-0.05, 0) is 6.42 Å². The summed E-state index contributed by atoms with van der Waals surface area (Å²) in [5.41, 5.74) is -0.552. The van der Waals surface area contributed by atoms with Crippen LogP contribution in [0.15, 0.2) is 18.7 Å². The van der Waals surface area contributed by atoms with Crippen LogP contribution in [-0.4, -0.2) is 31.1 Å². The van der Waals surface area contributed by atoms with Crippen molar-refractivity contribution in [1.82, 2.24) is 10.2 Å². The molecule has 0 spiro atoms. The number of rotatable bonds is 4. The summed E-state index contributed by atoms with van der Waals surface area (Å²) in [5, 5.41) is 3.11. The average molecular weight is 361 g/mol. The molecule has 0 aliphatic carbocycles. The summed E-state index contributed by atoms with van der Waals surface area (Å²) >= 11 is 0. The van der Waals surface area contributed by atoms with E-state index in [4.69, 9.17) is 0 Å². The largest absolute Gasteiger partial charge is 0.314 e. The van der Waals surface area contributed by atoms with Gasteiger partial charge in [-0.1, -0.05) is 6.08 Å². The highest BCUT2D eigenvalue weighted by Crippen LogP contribution is 2.32. The number of hydrogen-bond acceptors (Lipinski definition) is 2. The lowest BCUT2D eigenvalue weighted by molar-refractivity contribution is 0.166. The monoisotopic (exact) mass is 360 g/mol. The third-order valence-electron chi connectivity index (χ3n) is 3.46. The van der Waals surface area contributed by atoms with Crippen LogP contribution in [0.25, 0.3) is 0 Å². The highest BCUT2D eigenvalue weighted by molar-refractivity contribution is 5.85. The fraction of sp³-hybridized carbons (Fsp3) is 0.429. The van der Waals surface area contributed by atoms with Crippen LogP contribution < -0.4 is 5.32 Å². The highest BCUT2D eigenvalue weighted by Gasteiger charge is 2.30. The summed E-state index contributed by atoms with van der Waals surface area (Å²) < 4.78 is 54.5. The topological polar surface area (TPSA) is 15.3 Å². The van der Waals surface area contributed by atoms with E-state index in [1.807, 2.05) is 0 Å². The van der Waals surface area contributed by atoms with Crippen LogP contribution in [0.2, 0.25) is 0 Å². The van der Waals surface area contributed by atoms with Crippen molar-refractivity contribution in [2.75, 3.05) is 26.2 Å². The molecular formula is C14H18Cl2F4N2. The fourth-order valence-corrected chi connectivity index (χ4v) is 2.49. The van der Waals surface area contributed by atoms with Crippen molar-refractivity contribution in [2.45, 2.75) is 12.5 Å². The molecule has 1 aliphatic heterocycles. The summed E-state index contributed by atoms with van der Waals surface area (Å²) in [4.78, 5) is 1.80. The lowest BCUT2D eigenvalue weighted by atomic mass is 9.99. The zero-order valence-corrected chi connectivity index (χ0v) is 13.4.